The van der Waals surface area contributed by atoms with Crippen molar-refractivity contribution in [1.29, 1.82) is 0 Å². The van der Waals surface area contributed by atoms with Gasteiger partial charge in [0.15, 0.2) is 0 Å². The first-order chi connectivity index (χ1) is 7.27. The highest BCUT2D eigenvalue weighted by atomic mass is 35.5. The second-order valence-corrected chi connectivity index (χ2v) is 3.49. The van der Waals surface area contributed by atoms with E-state index in [1.807, 2.05) is 19.1 Å². The first-order valence-corrected chi connectivity index (χ1v) is 5.33. The van der Waals surface area contributed by atoms with Crippen LogP contribution in [0.3, 0.4) is 0 Å². The van der Waals surface area contributed by atoms with Crippen LogP contribution < -0.4 is 10.1 Å². The van der Waals surface area contributed by atoms with Crippen LogP contribution >= 0.6 is 11.6 Å². The van der Waals surface area contributed by atoms with Gasteiger partial charge in [0.1, 0.15) is 19.0 Å². The standard InChI is InChI=1S/C11H15ClFNO/c1-2-14-8-9-3-4-11(10(12)7-9)15-6-5-13/h3-4,7,14H,2,5-6,8H2,1H3. The summed E-state index contributed by atoms with van der Waals surface area (Å²) in [5.74, 6) is 0.537. The third-order valence-electron chi connectivity index (χ3n) is 1.91. The van der Waals surface area contributed by atoms with E-state index in [1.165, 1.54) is 0 Å². The molecule has 0 saturated carbocycles. The Balaban J connectivity index is 2.61. The zero-order valence-corrected chi connectivity index (χ0v) is 9.48. The third-order valence-corrected chi connectivity index (χ3v) is 2.21. The molecule has 0 heterocycles. The van der Waals surface area contributed by atoms with Crippen LogP contribution in [-0.2, 0) is 6.54 Å². The van der Waals surface area contributed by atoms with E-state index in [1.54, 1.807) is 6.07 Å². The molecule has 1 N–H and O–H groups in total. The van der Waals surface area contributed by atoms with E-state index < -0.39 is 6.67 Å². The fourth-order valence-electron chi connectivity index (χ4n) is 1.19. The molecule has 1 rings (SSSR count). The molecule has 0 radical (unpaired) electrons. The Bertz CT molecular complexity index is 307. The fourth-order valence-corrected chi connectivity index (χ4v) is 1.45. The van der Waals surface area contributed by atoms with Gasteiger partial charge in [-0.25, -0.2) is 4.39 Å². The molecular formula is C11H15ClFNO. The Labute approximate surface area is 94.4 Å². The van der Waals surface area contributed by atoms with Crippen LogP contribution in [0.2, 0.25) is 5.02 Å². The summed E-state index contributed by atoms with van der Waals surface area (Å²) in [5, 5.41) is 3.72. The summed E-state index contributed by atoms with van der Waals surface area (Å²) in [6.45, 7) is 3.28. The summed E-state index contributed by atoms with van der Waals surface area (Å²) >= 11 is 5.97. The minimum absolute atomic E-state index is 0.0479. The minimum atomic E-state index is -0.504. The smallest absolute Gasteiger partial charge is 0.138 e. The van der Waals surface area contributed by atoms with Gasteiger partial charge in [-0.05, 0) is 24.2 Å². The van der Waals surface area contributed by atoms with E-state index >= 15 is 0 Å². The number of hydrogen-bond acceptors (Lipinski definition) is 2. The molecule has 0 aliphatic rings. The molecule has 0 saturated heterocycles. The van der Waals surface area contributed by atoms with Crippen molar-refractivity contribution in [2.24, 2.45) is 0 Å². The van der Waals surface area contributed by atoms with Crippen LogP contribution in [-0.4, -0.2) is 19.8 Å². The Morgan fingerprint density at radius 2 is 2.27 bits per heavy atom. The van der Waals surface area contributed by atoms with Crippen LogP contribution in [0.15, 0.2) is 18.2 Å². The number of nitrogens with one attached hydrogen (secondary N) is 1. The number of benzene rings is 1. The van der Waals surface area contributed by atoms with E-state index in [4.69, 9.17) is 16.3 Å². The Kier molecular flexibility index (Phi) is 5.43. The molecular weight excluding hydrogens is 217 g/mol. The molecule has 15 heavy (non-hydrogen) atoms. The van der Waals surface area contributed by atoms with Gasteiger partial charge in [-0.1, -0.05) is 24.6 Å². The average Bonchev–Trinajstić information content (AvgIpc) is 2.25. The molecule has 0 aliphatic heterocycles. The number of ether oxygens (including phenoxy) is 1. The van der Waals surface area contributed by atoms with Crippen LogP contribution in [0.25, 0.3) is 0 Å². The summed E-state index contributed by atoms with van der Waals surface area (Å²) in [7, 11) is 0. The molecule has 0 atom stereocenters. The van der Waals surface area contributed by atoms with E-state index in [-0.39, 0.29) is 6.61 Å². The van der Waals surface area contributed by atoms with E-state index in [9.17, 15) is 4.39 Å². The summed E-state index contributed by atoms with van der Waals surface area (Å²) in [6, 6.07) is 5.52. The van der Waals surface area contributed by atoms with Crippen LogP contribution in [0.1, 0.15) is 12.5 Å². The van der Waals surface area contributed by atoms with Gasteiger partial charge in [0, 0.05) is 6.54 Å². The number of rotatable bonds is 6. The second kappa shape index (κ2) is 6.64. The molecule has 1 aromatic rings. The van der Waals surface area contributed by atoms with Crippen molar-refractivity contribution in [3.05, 3.63) is 28.8 Å². The number of halogens is 2. The molecule has 0 unspecified atom stereocenters. The maximum atomic E-state index is 11.9. The summed E-state index contributed by atoms with van der Waals surface area (Å²) in [5.41, 5.74) is 1.09. The van der Waals surface area contributed by atoms with Crippen molar-refractivity contribution in [1.82, 2.24) is 5.32 Å². The lowest BCUT2D eigenvalue weighted by Gasteiger charge is -2.08. The van der Waals surface area contributed by atoms with Gasteiger partial charge < -0.3 is 10.1 Å². The fraction of sp³-hybridized carbons (Fsp3) is 0.455. The molecule has 0 bridgehead atoms. The zero-order chi connectivity index (χ0) is 11.1. The summed E-state index contributed by atoms with van der Waals surface area (Å²) < 4.78 is 17.0. The maximum Gasteiger partial charge on any atom is 0.138 e. The van der Waals surface area contributed by atoms with Gasteiger partial charge in [-0.3, -0.25) is 0 Å². The molecule has 0 aromatic heterocycles. The van der Waals surface area contributed by atoms with Gasteiger partial charge in [0.25, 0.3) is 0 Å². The number of hydrogen-bond donors (Lipinski definition) is 1. The molecule has 1 aromatic carbocycles. The van der Waals surface area contributed by atoms with Crippen LogP contribution in [0, 0.1) is 0 Å². The van der Waals surface area contributed by atoms with Gasteiger partial charge in [0.2, 0.25) is 0 Å². The minimum Gasteiger partial charge on any atom is -0.489 e. The topological polar surface area (TPSA) is 21.3 Å². The zero-order valence-electron chi connectivity index (χ0n) is 8.72. The highest BCUT2D eigenvalue weighted by Crippen LogP contribution is 2.25. The number of alkyl halides is 1. The van der Waals surface area contributed by atoms with Gasteiger partial charge in [-0.2, -0.15) is 0 Å². The highest BCUT2D eigenvalue weighted by molar-refractivity contribution is 6.32. The highest BCUT2D eigenvalue weighted by Gasteiger charge is 2.02. The van der Waals surface area contributed by atoms with Gasteiger partial charge in [-0.15, -0.1) is 0 Å². The first kappa shape index (κ1) is 12.3. The predicted molar refractivity (Wildman–Crippen MR) is 60.3 cm³/mol. The Hall–Kier alpha value is -0.800. The molecule has 0 aliphatic carbocycles. The first-order valence-electron chi connectivity index (χ1n) is 4.95. The van der Waals surface area contributed by atoms with Crippen molar-refractivity contribution in [3.8, 4) is 5.75 Å². The van der Waals surface area contributed by atoms with E-state index in [0.29, 0.717) is 10.8 Å². The van der Waals surface area contributed by atoms with E-state index in [0.717, 1.165) is 18.7 Å². The molecule has 0 amide bonds. The maximum absolute atomic E-state index is 11.9. The second-order valence-electron chi connectivity index (χ2n) is 3.08. The SMILES string of the molecule is CCNCc1ccc(OCCF)c(Cl)c1. The monoisotopic (exact) mass is 231 g/mol. The Morgan fingerprint density at radius 3 is 2.87 bits per heavy atom. The van der Waals surface area contributed by atoms with Gasteiger partial charge in [0.05, 0.1) is 5.02 Å². The van der Waals surface area contributed by atoms with Crippen LogP contribution in [0.5, 0.6) is 5.75 Å². The molecule has 4 heteroatoms. The molecule has 0 spiro atoms. The molecule has 0 fully saturated rings. The van der Waals surface area contributed by atoms with Gasteiger partial charge >= 0.3 is 0 Å². The quantitative estimate of drug-likeness (QED) is 0.813. The summed E-state index contributed by atoms with van der Waals surface area (Å²) in [4.78, 5) is 0. The Morgan fingerprint density at radius 1 is 1.47 bits per heavy atom. The van der Waals surface area contributed by atoms with Crippen LogP contribution in [0.4, 0.5) is 4.39 Å². The largest absolute Gasteiger partial charge is 0.489 e. The van der Waals surface area contributed by atoms with Crippen molar-refractivity contribution in [3.63, 3.8) is 0 Å². The molecule has 2 nitrogen and oxygen atoms in total. The summed E-state index contributed by atoms with van der Waals surface area (Å²) in [6.07, 6.45) is 0. The van der Waals surface area contributed by atoms with Crippen molar-refractivity contribution >= 4 is 11.6 Å². The van der Waals surface area contributed by atoms with Crippen molar-refractivity contribution in [2.45, 2.75) is 13.5 Å². The lowest BCUT2D eigenvalue weighted by atomic mass is 10.2. The lowest BCUT2D eigenvalue weighted by Crippen LogP contribution is -2.11. The third kappa shape index (κ3) is 4.06. The van der Waals surface area contributed by atoms with E-state index in [2.05, 4.69) is 5.32 Å². The average molecular weight is 232 g/mol. The normalized spacial score (nSPS) is 10.3. The predicted octanol–water partition coefficient (Wildman–Crippen LogP) is 2.80. The van der Waals surface area contributed by atoms with Crippen molar-refractivity contribution in [2.75, 3.05) is 19.8 Å². The lowest BCUT2D eigenvalue weighted by molar-refractivity contribution is 0.273. The molecule has 84 valence electrons. The van der Waals surface area contributed by atoms with Crippen molar-refractivity contribution < 1.29 is 9.13 Å².